The number of rotatable bonds is 2. The molecule has 6 heteroatoms. The average Bonchev–Trinajstić information content (AvgIpc) is 2.29. The molecule has 16 heavy (non-hydrogen) atoms. The third-order valence-electron chi connectivity index (χ3n) is 2.64. The van der Waals surface area contributed by atoms with E-state index in [1.165, 1.54) is 0 Å². The van der Waals surface area contributed by atoms with Crippen molar-refractivity contribution in [3.8, 4) is 0 Å². The summed E-state index contributed by atoms with van der Waals surface area (Å²) in [5.41, 5.74) is -0.973. The van der Waals surface area contributed by atoms with Crippen molar-refractivity contribution in [3.05, 3.63) is 27.9 Å². The van der Waals surface area contributed by atoms with Gasteiger partial charge in [0.1, 0.15) is 11.5 Å². The van der Waals surface area contributed by atoms with Gasteiger partial charge in [0.15, 0.2) is 0 Å². The highest BCUT2D eigenvalue weighted by molar-refractivity contribution is 5.07. The van der Waals surface area contributed by atoms with Crippen molar-refractivity contribution in [2.75, 3.05) is 6.54 Å². The van der Waals surface area contributed by atoms with Gasteiger partial charge in [-0.3, -0.25) is 4.79 Å². The monoisotopic (exact) mass is 229 g/mol. The first-order valence-electron chi connectivity index (χ1n) is 5.29. The maximum atomic E-state index is 12.5. The van der Waals surface area contributed by atoms with Crippen LogP contribution in [0.15, 0.2) is 10.9 Å². The smallest absolute Gasteiger partial charge is 0.280 e. The molecule has 4 nitrogen and oxygen atoms in total. The largest absolute Gasteiger partial charge is 0.309 e. The van der Waals surface area contributed by atoms with Crippen molar-refractivity contribution in [3.63, 3.8) is 0 Å². The lowest BCUT2D eigenvalue weighted by Gasteiger charge is -2.22. The van der Waals surface area contributed by atoms with Crippen molar-refractivity contribution in [2.24, 2.45) is 0 Å². The molecule has 1 aromatic heterocycles. The van der Waals surface area contributed by atoms with Crippen LogP contribution in [0.4, 0.5) is 8.78 Å². The van der Waals surface area contributed by atoms with Crippen molar-refractivity contribution in [2.45, 2.75) is 31.7 Å². The average molecular weight is 229 g/mol. The van der Waals surface area contributed by atoms with Crippen LogP contribution in [0.3, 0.4) is 0 Å². The van der Waals surface area contributed by atoms with Crippen molar-refractivity contribution in [1.29, 1.82) is 0 Å². The zero-order chi connectivity index (χ0) is 11.5. The van der Waals surface area contributed by atoms with E-state index >= 15 is 0 Å². The fraction of sp³-hybridized carbons (Fsp3) is 0.600. The van der Waals surface area contributed by atoms with E-state index in [0.717, 1.165) is 31.9 Å². The van der Waals surface area contributed by atoms with Crippen molar-refractivity contribution >= 4 is 0 Å². The van der Waals surface area contributed by atoms with E-state index in [4.69, 9.17) is 0 Å². The number of hydrogen-bond acceptors (Lipinski definition) is 3. The van der Waals surface area contributed by atoms with Gasteiger partial charge in [0, 0.05) is 6.07 Å². The Morgan fingerprint density at radius 1 is 1.44 bits per heavy atom. The first kappa shape index (κ1) is 11.2. The standard InChI is InChI=1S/C10H13F2N3O/c11-9(12)7-5-8(16)15-10(14-7)6-3-1-2-4-13-6/h5-6,9,13H,1-4H2,(H,14,15,16). The van der Waals surface area contributed by atoms with Gasteiger partial charge >= 0.3 is 0 Å². The molecular formula is C10H13F2N3O. The van der Waals surface area contributed by atoms with Gasteiger partial charge in [0.2, 0.25) is 0 Å². The highest BCUT2D eigenvalue weighted by atomic mass is 19.3. The molecular weight excluding hydrogens is 216 g/mol. The van der Waals surface area contributed by atoms with Crippen LogP contribution in [-0.4, -0.2) is 16.5 Å². The molecule has 0 aromatic carbocycles. The second kappa shape index (κ2) is 4.69. The van der Waals surface area contributed by atoms with E-state index in [9.17, 15) is 13.6 Å². The number of alkyl halides is 2. The molecule has 88 valence electrons. The minimum Gasteiger partial charge on any atom is -0.309 e. The molecule has 0 saturated carbocycles. The molecule has 1 aliphatic rings. The van der Waals surface area contributed by atoms with E-state index in [-0.39, 0.29) is 6.04 Å². The SMILES string of the molecule is O=c1cc(C(F)F)nc(C2CCCCN2)[nH]1. The molecule has 2 N–H and O–H groups in total. The maximum absolute atomic E-state index is 12.5. The van der Waals surface area contributed by atoms with E-state index in [1.54, 1.807) is 0 Å². The minimum absolute atomic E-state index is 0.111. The highest BCUT2D eigenvalue weighted by Crippen LogP contribution is 2.21. The number of nitrogens with zero attached hydrogens (tertiary/aromatic N) is 1. The summed E-state index contributed by atoms with van der Waals surface area (Å²) in [6, 6.07) is 0.733. The van der Waals surface area contributed by atoms with Gasteiger partial charge in [-0.1, -0.05) is 6.42 Å². The fourth-order valence-corrected chi connectivity index (χ4v) is 1.86. The molecule has 1 aliphatic heterocycles. The van der Waals surface area contributed by atoms with Gasteiger partial charge in [-0.15, -0.1) is 0 Å². The number of H-pyrrole nitrogens is 1. The van der Waals surface area contributed by atoms with Crippen molar-refractivity contribution in [1.82, 2.24) is 15.3 Å². The van der Waals surface area contributed by atoms with Crippen LogP contribution < -0.4 is 10.9 Å². The topological polar surface area (TPSA) is 57.8 Å². The second-order valence-corrected chi connectivity index (χ2v) is 3.86. The van der Waals surface area contributed by atoms with Crippen molar-refractivity contribution < 1.29 is 8.78 Å². The van der Waals surface area contributed by atoms with E-state index in [0.29, 0.717) is 5.82 Å². The molecule has 2 heterocycles. The van der Waals surface area contributed by atoms with Crippen LogP contribution in [0, 0.1) is 0 Å². The summed E-state index contributed by atoms with van der Waals surface area (Å²) in [5, 5.41) is 3.15. The highest BCUT2D eigenvalue weighted by Gasteiger charge is 2.19. The lowest BCUT2D eigenvalue weighted by Crippen LogP contribution is -2.30. The molecule has 0 spiro atoms. The number of piperidine rings is 1. The van der Waals surface area contributed by atoms with Gasteiger partial charge < -0.3 is 10.3 Å². The molecule has 2 rings (SSSR count). The third-order valence-corrected chi connectivity index (χ3v) is 2.64. The van der Waals surface area contributed by atoms with Gasteiger partial charge in [-0.2, -0.15) is 0 Å². The first-order chi connectivity index (χ1) is 7.66. The Bertz CT molecular complexity index is 413. The molecule has 1 atom stereocenters. The molecule has 1 aromatic rings. The maximum Gasteiger partial charge on any atom is 0.280 e. The van der Waals surface area contributed by atoms with Gasteiger partial charge in [-0.25, -0.2) is 13.8 Å². The Labute approximate surface area is 91.1 Å². The molecule has 0 aliphatic carbocycles. The second-order valence-electron chi connectivity index (χ2n) is 3.86. The number of aromatic amines is 1. The summed E-state index contributed by atoms with van der Waals surface area (Å²) >= 11 is 0. The number of aromatic nitrogens is 2. The lowest BCUT2D eigenvalue weighted by molar-refractivity contribution is 0.145. The molecule has 0 amide bonds. The summed E-state index contributed by atoms with van der Waals surface area (Å²) in [5.74, 6) is 0.322. The number of hydrogen-bond donors (Lipinski definition) is 2. The Morgan fingerprint density at radius 2 is 2.25 bits per heavy atom. The fourth-order valence-electron chi connectivity index (χ4n) is 1.86. The number of halogens is 2. The molecule has 1 fully saturated rings. The van der Waals surface area contributed by atoms with Gasteiger partial charge in [-0.05, 0) is 19.4 Å². The van der Waals surface area contributed by atoms with E-state index < -0.39 is 17.7 Å². The van der Waals surface area contributed by atoms with Gasteiger partial charge in [0.05, 0.1) is 6.04 Å². The van der Waals surface area contributed by atoms with E-state index in [1.807, 2.05) is 0 Å². The Balaban J connectivity index is 2.29. The van der Waals surface area contributed by atoms with Crippen LogP contribution in [0.1, 0.15) is 43.2 Å². The summed E-state index contributed by atoms with van der Waals surface area (Å²) in [7, 11) is 0. The molecule has 1 unspecified atom stereocenters. The Hall–Kier alpha value is -1.30. The summed E-state index contributed by atoms with van der Waals surface area (Å²) in [6.45, 7) is 0.827. The molecule has 1 saturated heterocycles. The Morgan fingerprint density at radius 3 is 2.88 bits per heavy atom. The Kier molecular flexibility index (Phi) is 3.28. The predicted molar refractivity (Wildman–Crippen MR) is 54.4 cm³/mol. The number of nitrogens with one attached hydrogen (secondary N) is 2. The molecule has 0 radical (unpaired) electrons. The minimum atomic E-state index is -2.70. The first-order valence-corrected chi connectivity index (χ1v) is 5.29. The lowest BCUT2D eigenvalue weighted by atomic mass is 10.0. The summed E-state index contributed by atoms with van der Waals surface area (Å²) in [6.07, 6.45) is 0.190. The van der Waals surface area contributed by atoms with E-state index in [2.05, 4.69) is 15.3 Å². The summed E-state index contributed by atoms with van der Waals surface area (Å²) < 4.78 is 24.9. The van der Waals surface area contributed by atoms with Crippen LogP contribution >= 0.6 is 0 Å². The van der Waals surface area contributed by atoms with Crippen LogP contribution in [-0.2, 0) is 0 Å². The zero-order valence-corrected chi connectivity index (χ0v) is 8.67. The van der Waals surface area contributed by atoms with Gasteiger partial charge in [0.25, 0.3) is 12.0 Å². The normalized spacial score (nSPS) is 21.3. The quantitative estimate of drug-likeness (QED) is 0.808. The summed E-state index contributed by atoms with van der Waals surface area (Å²) in [4.78, 5) is 17.5. The molecule has 0 bridgehead atoms. The predicted octanol–water partition coefficient (Wildman–Crippen LogP) is 1.52. The van der Waals surface area contributed by atoms with Crippen LogP contribution in [0.2, 0.25) is 0 Å². The third kappa shape index (κ3) is 2.44. The van der Waals surface area contributed by atoms with Crippen LogP contribution in [0.5, 0.6) is 0 Å². The van der Waals surface area contributed by atoms with Crippen LogP contribution in [0.25, 0.3) is 0 Å². The zero-order valence-electron chi connectivity index (χ0n) is 8.67.